The highest BCUT2D eigenvalue weighted by Crippen LogP contribution is 2.34. The third kappa shape index (κ3) is 2.34. The molecule has 0 saturated heterocycles. The van der Waals surface area contributed by atoms with Crippen molar-refractivity contribution in [2.24, 2.45) is 0 Å². The lowest BCUT2D eigenvalue weighted by Gasteiger charge is -2.07. The van der Waals surface area contributed by atoms with E-state index in [1.807, 2.05) is 24.5 Å². The van der Waals surface area contributed by atoms with Gasteiger partial charge in [-0.2, -0.15) is 0 Å². The Hall–Kier alpha value is -0.710. The van der Waals surface area contributed by atoms with Crippen LogP contribution in [0.25, 0.3) is 11.5 Å². The maximum atomic E-state index is 5.82. The highest BCUT2D eigenvalue weighted by molar-refractivity contribution is 7.98. The minimum absolute atomic E-state index is 0.472. The van der Waals surface area contributed by atoms with E-state index in [1.54, 1.807) is 11.8 Å². The molecule has 1 aromatic carbocycles. The van der Waals surface area contributed by atoms with E-state index in [0.29, 0.717) is 5.89 Å². The van der Waals surface area contributed by atoms with Gasteiger partial charge in [-0.1, -0.05) is 6.07 Å². The van der Waals surface area contributed by atoms with E-state index in [9.17, 15) is 0 Å². The van der Waals surface area contributed by atoms with Crippen molar-refractivity contribution in [3.8, 4) is 11.5 Å². The molecular formula is C10H8Cl2N2OS. The number of hydrogen-bond donors (Lipinski definition) is 0. The summed E-state index contributed by atoms with van der Waals surface area (Å²) in [5.41, 5.74) is 1.67. The fourth-order valence-corrected chi connectivity index (χ4v) is 2.16. The molecule has 0 spiro atoms. The summed E-state index contributed by atoms with van der Waals surface area (Å²) in [7, 11) is 0. The van der Waals surface area contributed by atoms with Gasteiger partial charge in [0.15, 0.2) is 0 Å². The zero-order chi connectivity index (χ0) is 11.5. The van der Waals surface area contributed by atoms with Gasteiger partial charge in [0, 0.05) is 4.90 Å². The second-order valence-electron chi connectivity index (χ2n) is 3.00. The van der Waals surface area contributed by atoms with Crippen LogP contribution in [0, 0.1) is 0 Å². The fraction of sp³-hybridized carbons (Fsp3) is 0.200. The summed E-state index contributed by atoms with van der Waals surface area (Å²) in [6, 6.07) is 5.69. The lowest BCUT2D eigenvalue weighted by molar-refractivity contribution is 0.567. The molecule has 3 nitrogen and oxygen atoms in total. The molecule has 0 saturated carbocycles. The van der Waals surface area contributed by atoms with Gasteiger partial charge in [-0.3, -0.25) is 0 Å². The number of aromatic nitrogens is 2. The number of hydrogen-bond acceptors (Lipinski definition) is 4. The van der Waals surface area contributed by atoms with Gasteiger partial charge < -0.3 is 4.42 Å². The normalized spacial score (nSPS) is 11.0. The molecule has 0 fully saturated rings. The Balaban J connectivity index is 2.52. The molecule has 0 N–H and O–H groups in total. The largest absolute Gasteiger partial charge is 0.423 e. The van der Waals surface area contributed by atoms with Crippen LogP contribution in [0.5, 0.6) is 0 Å². The number of rotatable bonds is 3. The molecule has 6 heteroatoms. The van der Waals surface area contributed by atoms with Gasteiger partial charge in [0.25, 0.3) is 0 Å². The van der Waals surface area contributed by atoms with E-state index in [0.717, 1.165) is 16.0 Å². The van der Waals surface area contributed by atoms with Gasteiger partial charge >= 0.3 is 0 Å². The Labute approximate surface area is 107 Å². The van der Waals surface area contributed by atoms with Crippen LogP contribution in [-0.4, -0.2) is 16.5 Å². The maximum absolute atomic E-state index is 5.82. The molecule has 1 aromatic heterocycles. The molecule has 0 atom stereocenters. The molecule has 0 aliphatic rings. The van der Waals surface area contributed by atoms with Crippen LogP contribution >= 0.6 is 35.0 Å². The first-order chi connectivity index (χ1) is 7.72. The average molecular weight is 275 g/mol. The van der Waals surface area contributed by atoms with Crippen molar-refractivity contribution >= 4 is 35.0 Å². The van der Waals surface area contributed by atoms with Gasteiger partial charge in [0.2, 0.25) is 12.3 Å². The SMILES string of the molecule is CSc1ccc(C(Cl)Cl)cc1-c1nnco1. The molecule has 2 rings (SSSR count). The van der Waals surface area contributed by atoms with Crippen LogP contribution in [0.1, 0.15) is 10.4 Å². The number of halogens is 2. The Morgan fingerprint density at radius 2 is 2.19 bits per heavy atom. The Morgan fingerprint density at radius 1 is 1.38 bits per heavy atom. The first-order valence-corrected chi connectivity index (χ1v) is 6.54. The van der Waals surface area contributed by atoms with Crippen molar-refractivity contribution in [3.63, 3.8) is 0 Å². The van der Waals surface area contributed by atoms with Gasteiger partial charge in [-0.05, 0) is 24.0 Å². The molecule has 0 amide bonds. The first-order valence-electron chi connectivity index (χ1n) is 4.45. The van der Waals surface area contributed by atoms with E-state index < -0.39 is 4.84 Å². The molecule has 84 valence electrons. The molecular weight excluding hydrogens is 267 g/mol. The molecule has 0 aliphatic heterocycles. The lowest BCUT2D eigenvalue weighted by Crippen LogP contribution is -1.87. The van der Waals surface area contributed by atoms with Crippen LogP contribution in [0.3, 0.4) is 0 Å². The van der Waals surface area contributed by atoms with Gasteiger partial charge in [-0.25, -0.2) is 0 Å². The van der Waals surface area contributed by atoms with Crippen LogP contribution < -0.4 is 0 Å². The summed E-state index contributed by atoms with van der Waals surface area (Å²) in [5.74, 6) is 0.472. The lowest BCUT2D eigenvalue weighted by atomic mass is 10.1. The van der Waals surface area contributed by atoms with Crippen LogP contribution in [0.15, 0.2) is 33.9 Å². The topological polar surface area (TPSA) is 38.9 Å². The third-order valence-electron chi connectivity index (χ3n) is 2.07. The molecule has 0 aliphatic carbocycles. The zero-order valence-electron chi connectivity index (χ0n) is 8.35. The number of nitrogens with zero attached hydrogens (tertiary/aromatic N) is 2. The van der Waals surface area contributed by atoms with Crippen LogP contribution in [0.2, 0.25) is 0 Å². The van der Waals surface area contributed by atoms with Gasteiger partial charge in [0.1, 0.15) is 4.84 Å². The van der Waals surface area contributed by atoms with Gasteiger partial charge in [-0.15, -0.1) is 45.2 Å². The smallest absolute Gasteiger partial charge is 0.248 e. The first kappa shape index (κ1) is 11.8. The quantitative estimate of drug-likeness (QED) is 0.628. The number of alkyl halides is 2. The predicted octanol–water partition coefficient (Wildman–Crippen LogP) is 3.93. The van der Waals surface area contributed by atoms with Crippen LogP contribution in [0.4, 0.5) is 0 Å². The number of benzene rings is 1. The molecule has 0 unspecified atom stereocenters. The molecule has 0 bridgehead atoms. The zero-order valence-corrected chi connectivity index (χ0v) is 10.7. The van der Waals surface area contributed by atoms with Crippen molar-refractivity contribution in [3.05, 3.63) is 30.2 Å². The van der Waals surface area contributed by atoms with Crippen molar-refractivity contribution in [2.75, 3.05) is 6.26 Å². The van der Waals surface area contributed by atoms with E-state index in [2.05, 4.69) is 10.2 Å². The third-order valence-corrected chi connectivity index (χ3v) is 3.37. The second-order valence-corrected chi connectivity index (χ2v) is 4.95. The average Bonchev–Trinajstić information content (AvgIpc) is 2.81. The van der Waals surface area contributed by atoms with Crippen molar-refractivity contribution in [1.82, 2.24) is 10.2 Å². The Bertz CT molecular complexity index is 474. The van der Waals surface area contributed by atoms with E-state index in [-0.39, 0.29) is 0 Å². The second kappa shape index (κ2) is 5.08. The maximum Gasteiger partial charge on any atom is 0.248 e. The van der Waals surface area contributed by atoms with Crippen molar-refractivity contribution in [1.29, 1.82) is 0 Å². The van der Waals surface area contributed by atoms with Crippen molar-refractivity contribution < 1.29 is 4.42 Å². The summed E-state index contributed by atoms with van der Waals surface area (Å²) in [6.45, 7) is 0. The monoisotopic (exact) mass is 274 g/mol. The summed E-state index contributed by atoms with van der Waals surface area (Å²) in [5, 5.41) is 7.54. The minimum Gasteiger partial charge on any atom is -0.423 e. The van der Waals surface area contributed by atoms with E-state index >= 15 is 0 Å². The van der Waals surface area contributed by atoms with Gasteiger partial charge in [0.05, 0.1) is 5.56 Å². The molecule has 2 aromatic rings. The molecule has 1 heterocycles. The Morgan fingerprint density at radius 3 is 2.75 bits per heavy atom. The predicted molar refractivity (Wildman–Crippen MR) is 66.0 cm³/mol. The highest BCUT2D eigenvalue weighted by atomic mass is 35.5. The summed E-state index contributed by atoms with van der Waals surface area (Å²) in [4.78, 5) is 0.486. The van der Waals surface area contributed by atoms with Crippen molar-refractivity contribution in [2.45, 2.75) is 9.73 Å². The summed E-state index contributed by atoms with van der Waals surface area (Å²) >= 11 is 13.2. The van der Waals surface area contributed by atoms with Crippen LogP contribution in [-0.2, 0) is 0 Å². The summed E-state index contributed by atoms with van der Waals surface area (Å²) < 4.78 is 5.18. The minimum atomic E-state index is -0.558. The number of thioether (sulfide) groups is 1. The van der Waals surface area contributed by atoms with E-state index in [1.165, 1.54) is 6.39 Å². The standard InChI is InChI=1S/C10H8Cl2N2OS/c1-16-8-3-2-6(9(11)12)4-7(8)10-14-13-5-15-10/h2-5,9H,1H3. The highest BCUT2D eigenvalue weighted by Gasteiger charge is 2.13. The van der Waals surface area contributed by atoms with E-state index in [4.69, 9.17) is 27.6 Å². The molecule has 0 radical (unpaired) electrons. The fourth-order valence-electron chi connectivity index (χ4n) is 1.32. The Kier molecular flexibility index (Phi) is 3.74. The molecule has 16 heavy (non-hydrogen) atoms. The summed E-state index contributed by atoms with van der Waals surface area (Å²) in [6.07, 6.45) is 3.28.